The number of piperidine rings is 1. The van der Waals surface area contributed by atoms with Crippen LogP contribution in [0.2, 0.25) is 0 Å². The fourth-order valence-corrected chi connectivity index (χ4v) is 2.80. The van der Waals surface area contributed by atoms with Gasteiger partial charge in [0.25, 0.3) is 0 Å². The van der Waals surface area contributed by atoms with E-state index in [0.29, 0.717) is 6.04 Å². The van der Waals surface area contributed by atoms with Crippen molar-refractivity contribution < 1.29 is 0 Å². The Bertz CT molecular complexity index is 521. The van der Waals surface area contributed by atoms with Crippen LogP contribution < -0.4 is 0 Å². The molecule has 0 bridgehead atoms. The molecule has 2 heterocycles. The van der Waals surface area contributed by atoms with Gasteiger partial charge in [-0.05, 0) is 50.2 Å². The minimum Gasteiger partial charge on any atom is -0.299 e. The molecule has 2 nitrogen and oxygen atoms in total. The van der Waals surface area contributed by atoms with Crippen molar-refractivity contribution in [1.29, 1.82) is 0 Å². The number of hydrogen-bond acceptors (Lipinski definition) is 2. The molecule has 1 aromatic carbocycles. The van der Waals surface area contributed by atoms with Gasteiger partial charge in [-0.3, -0.25) is 9.88 Å². The van der Waals surface area contributed by atoms with Crippen molar-refractivity contribution >= 4 is 10.9 Å². The van der Waals surface area contributed by atoms with E-state index >= 15 is 0 Å². The molecular formula is C15H18N2. The van der Waals surface area contributed by atoms with E-state index in [1.165, 1.54) is 36.8 Å². The summed E-state index contributed by atoms with van der Waals surface area (Å²) in [7, 11) is 2.23. The predicted octanol–water partition coefficient (Wildman–Crippen LogP) is 3.39. The van der Waals surface area contributed by atoms with Crippen molar-refractivity contribution in [2.24, 2.45) is 0 Å². The van der Waals surface area contributed by atoms with Crippen molar-refractivity contribution in [3.05, 3.63) is 42.1 Å². The number of nitrogens with zero attached hydrogens (tertiary/aromatic N) is 2. The minimum absolute atomic E-state index is 0.591. The number of aromatic nitrogens is 1. The first kappa shape index (κ1) is 10.7. The average molecular weight is 226 g/mol. The van der Waals surface area contributed by atoms with E-state index in [-0.39, 0.29) is 0 Å². The molecular weight excluding hydrogens is 208 g/mol. The zero-order chi connectivity index (χ0) is 11.7. The Hall–Kier alpha value is -1.41. The number of hydrogen-bond donors (Lipinski definition) is 0. The van der Waals surface area contributed by atoms with Crippen molar-refractivity contribution in [3.8, 4) is 0 Å². The molecule has 1 aromatic heterocycles. The maximum absolute atomic E-state index is 4.37. The Kier molecular flexibility index (Phi) is 2.81. The molecule has 0 saturated carbocycles. The lowest BCUT2D eigenvalue weighted by Crippen LogP contribution is -2.29. The maximum Gasteiger partial charge on any atom is 0.0702 e. The molecule has 0 aliphatic carbocycles. The zero-order valence-corrected chi connectivity index (χ0v) is 10.3. The van der Waals surface area contributed by atoms with Gasteiger partial charge in [0, 0.05) is 17.6 Å². The van der Waals surface area contributed by atoms with Crippen LogP contribution in [0.15, 0.2) is 36.5 Å². The number of fused-ring (bicyclic) bond motifs is 1. The summed E-state index contributed by atoms with van der Waals surface area (Å²) in [4.78, 5) is 6.85. The Morgan fingerprint density at radius 3 is 3.06 bits per heavy atom. The van der Waals surface area contributed by atoms with E-state index in [0.717, 1.165) is 5.52 Å². The largest absolute Gasteiger partial charge is 0.299 e. The molecule has 17 heavy (non-hydrogen) atoms. The first-order valence-electron chi connectivity index (χ1n) is 6.39. The van der Waals surface area contributed by atoms with E-state index in [4.69, 9.17) is 0 Å². The summed E-state index contributed by atoms with van der Waals surface area (Å²) in [5.41, 5.74) is 2.53. The summed E-state index contributed by atoms with van der Waals surface area (Å²) in [6.07, 6.45) is 5.82. The number of rotatable bonds is 1. The average Bonchev–Trinajstić information content (AvgIpc) is 2.39. The second kappa shape index (κ2) is 4.46. The molecule has 1 aliphatic heterocycles. The highest BCUT2D eigenvalue weighted by atomic mass is 15.1. The monoisotopic (exact) mass is 226 g/mol. The lowest BCUT2D eigenvalue weighted by Gasteiger charge is -2.32. The number of likely N-dealkylation sites (tertiary alicyclic amines) is 1. The van der Waals surface area contributed by atoms with Crippen molar-refractivity contribution in [2.45, 2.75) is 25.3 Å². The molecule has 0 amide bonds. The van der Waals surface area contributed by atoms with Gasteiger partial charge in [-0.1, -0.05) is 18.6 Å². The van der Waals surface area contributed by atoms with Gasteiger partial charge in [0.05, 0.1) is 5.52 Å². The third-order valence-corrected chi connectivity index (χ3v) is 3.78. The molecule has 2 heteroatoms. The number of pyridine rings is 1. The fourth-order valence-electron chi connectivity index (χ4n) is 2.80. The van der Waals surface area contributed by atoms with Crippen LogP contribution in [0.4, 0.5) is 0 Å². The summed E-state index contributed by atoms with van der Waals surface area (Å²) in [6, 6.07) is 11.4. The van der Waals surface area contributed by atoms with E-state index in [1.54, 1.807) is 0 Å². The molecule has 2 aromatic rings. The van der Waals surface area contributed by atoms with Crippen molar-refractivity contribution in [3.63, 3.8) is 0 Å². The molecule has 0 spiro atoms. The molecule has 0 N–H and O–H groups in total. The van der Waals surface area contributed by atoms with Crippen LogP contribution in [0, 0.1) is 0 Å². The van der Waals surface area contributed by atoms with Crippen LogP contribution in [-0.2, 0) is 0 Å². The van der Waals surface area contributed by atoms with Crippen LogP contribution in [0.1, 0.15) is 30.9 Å². The van der Waals surface area contributed by atoms with Gasteiger partial charge in [-0.15, -0.1) is 0 Å². The van der Waals surface area contributed by atoms with Gasteiger partial charge >= 0.3 is 0 Å². The van der Waals surface area contributed by atoms with E-state index in [1.807, 2.05) is 12.3 Å². The van der Waals surface area contributed by atoms with Gasteiger partial charge in [-0.25, -0.2) is 0 Å². The highest BCUT2D eigenvalue weighted by molar-refractivity contribution is 5.79. The van der Waals surface area contributed by atoms with Crippen molar-refractivity contribution in [1.82, 2.24) is 9.88 Å². The van der Waals surface area contributed by atoms with Gasteiger partial charge in [0.15, 0.2) is 0 Å². The van der Waals surface area contributed by atoms with Crippen molar-refractivity contribution in [2.75, 3.05) is 13.6 Å². The molecule has 0 radical (unpaired) electrons. The van der Waals surface area contributed by atoms with Gasteiger partial charge in [0.2, 0.25) is 0 Å². The Balaban J connectivity index is 1.99. The molecule has 3 rings (SSSR count). The standard InChI is InChI=1S/C15H18N2/c1-17-10-3-2-6-15(17)13-7-8-14-12(11-13)5-4-9-16-14/h4-5,7-9,11,15H,2-3,6,10H2,1H3/t15-/m1/s1. The smallest absolute Gasteiger partial charge is 0.0702 e. The predicted molar refractivity (Wildman–Crippen MR) is 71.0 cm³/mol. The first-order chi connectivity index (χ1) is 8.34. The molecule has 1 aliphatic rings. The fraction of sp³-hybridized carbons (Fsp3) is 0.400. The summed E-state index contributed by atoms with van der Waals surface area (Å²) in [6.45, 7) is 1.22. The number of benzene rings is 1. The molecule has 1 saturated heterocycles. The molecule has 88 valence electrons. The summed E-state index contributed by atoms with van der Waals surface area (Å²) >= 11 is 0. The third kappa shape index (κ3) is 2.05. The van der Waals surface area contributed by atoms with E-state index in [9.17, 15) is 0 Å². The van der Waals surface area contributed by atoms with Crippen LogP contribution in [0.25, 0.3) is 10.9 Å². The lowest BCUT2D eigenvalue weighted by atomic mass is 9.95. The maximum atomic E-state index is 4.37. The second-order valence-electron chi connectivity index (χ2n) is 4.95. The molecule has 1 atom stereocenters. The highest BCUT2D eigenvalue weighted by Crippen LogP contribution is 2.30. The first-order valence-corrected chi connectivity index (χ1v) is 6.39. The minimum atomic E-state index is 0.591. The van der Waals surface area contributed by atoms with Crippen LogP contribution >= 0.6 is 0 Å². The Morgan fingerprint density at radius 2 is 2.18 bits per heavy atom. The topological polar surface area (TPSA) is 16.1 Å². The molecule has 0 unspecified atom stereocenters. The quantitative estimate of drug-likeness (QED) is 0.741. The van der Waals surface area contributed by atoms with Crippen LogP contribution in [0.3, 0.4) is 0 Å². The highest BCUT2D eigenvalue weighted by Gasteiger charge is 2.20. The SMILES string of the molecule is CN1CCCC[C@@H]1c1ccc2ncccc2c1. The van der Waals surface area contributed by atoms with Crippen LogP contribution in [0.5, 0.6) is 0 Å². The van der Waals surface area contributed by atoms with Crippen LogP contribution in [-0.4, -0.2) is 23.5 Å². The third-order valence-electron chi connectivity index (χ3n) is 3.78. The summed E-state index contributed by atoms with van der Waals surface area (Å²) in [5, 5.41) is 1.25. The van der Waals surface area contributed by atoms with Gasteiger partial charge in [0.1, 0.15) is 0 Å². The summed E-state index contributed by atoms with van der Waals surface area (Å²) < 4.78 is 0. The Labute approximate surface area is 102 Å². The van der Waals surface area contributed by atoms with E-state index in [2.05, 4.69) is 41.2 Å². The van der Waals surface area contributed by atoms with Gasteiger partial charge in [-0.2, -0.15) is 0 Å². The van der Waals surface area contributed by atoms with Gasteiger partial charge < -0.3 is 0 Å². The lowest BCUT2D eigenvalue weighted by molar-refractivity contribution is 0.187. The second-order valence-corrected chi connectivity index (χ2v) is 4.95. The molecule has 1 fully saturated rings. The summed E-state index contributed by atoms with van der Waals surface area (Å²) in [5.74, 6) is 0. The normalized spacial score (nSPS) is 21.8. The van der Waals surface area contributed by atoms with E-state index < -0.39 is 0 Å². The Morgan fingerprint density at radius 1 is 1.24 bits per heavy atom. The zero-order valence-electron chi connectivity index (χ0n) is 10.3.